The minimum absolute atomic E-state index is 0.162. The molecule has 1 amide bonds. The molecule has 3 heterocycles. The van der Waals surface area contributed by atoms with Crippen molar-refractivity contribution in [2.45, 2.75) is 19.9 Å². The van der Waals surface area contributed by atoms with Crippen molar-refractivity contribution in [3.05, 3.63) is 118 Å². The monoisotopic (exact) mass is 479 g/mol. The molecule has 0 atom stereocenters. The maximum absolute atomic E-state index is 12.9. The lowest BCUT2D eigenvalue weighted by Gasteiger charge is -2.13. The van der Waals surface area contributed by atoms with E-state index < -0.39 is 0 Å². The van der Waals surface area contributed by atoms with Crippen LogP contribution in [0.25, 0.3) is 16.7 Å². The first-order chi connectivity index (χ1) is 17.6. The molecule has 0 spiro atoms. The van der Waals surface area contributed by atoms with Gasteiger partial charge in [0.05, 0.1) is 24.2 Å². The number of furan rings is 1. The Labute approximate surface area is 207 Å². The maximum Gasteiger partial charge on any atom is 0.256 e. The maximum atomic E-state index is 12.9. The topological polar surface area (TPSA) is 102 Å². The van der Waals surface area contributed by atoms with E-state index in [1.165, 1.54) is 16.2 Å². The Morgan fingerprint density at radius 2 is 1.75 bits per heavy atom. The van der Waals surface area contributed by atoms with Gasteiger partial charge in [0.1, 0.15) is 5.76 Å². The van der Waals surface area contributed by atoms with Crippen LogP contribution in [0, 0.1) is 6.92 Å². The summed E-state index contributed by atoms with van der Waals surface area (Å²) in [6, 6.07) is 23.8. The Morgan fingerprint density at radius 1 is 0.944 bits per heavy atom. The highest BCUT2D eigenvalue weighted by Crippen LogP contribution is 2.20. The van der Waals surface area contributed by atoms with E-state index in [-0.39, 0.29) is 11.5 Å². The lowest BCUT2D eigenvalue weighted by atomic mass is 10.1. The first-order valence-electron chi connectivity index (χ1n) is 11.7. The van der Waals surface area contributed by atoms with E-state index in [4.69, 9.17) is 4.42 Å². The molecule has 8 heteroatoms. The molecule has 5 rings (SSSR count). The summed E-state index contributed by atoms with van der Waals surface area (Å²) in [6.45, 7) is 2.83. The van der Waals surface area contributed by atoms with E-state index in [1.54, 1.807) is 36.6 Å². The van der Waals surface area contributed by atoms with E-state index in [1.807, 2.05) is 49.4 Å². The first-order valence-corrected chi connectivity index (χ1v) is 11.7. The van der Waals surface area contributed by atoms with Gasteiger partial charge in [0, 0.05) is 23.6 Å². The van der Waals surface area contributed by atoms with E-state index >= 15 is 0 Å². The largest absolute Gasteiger partial charge is 0.467 e. The zero-order chi connectivity index (χ0) is 24.9. The number of aromatic nitrogens is 3. The predicted octanol–water partition coefficient (Wildman–Crippen LogP) is 4.27. The predicted molar refractivity (Wildman–Crippen MR) is 138 cm³/mol. The molecule has 0 unspecified atom stereocenters. The van der Waals surface area contributed by atoms with E-state index in [0.29, 0.717) is 35.9 Å². The van der Waals surface area contributed by atoms with Crippen molar-refractivity contribution in [1.29, 1.82) is 0 Å². The third-order valence-corrected chi connectivity index (χ3v) is 5.87. The second kappa shape index (κ2) is 10.3. The zero-order valence-electron chi connectivity index (χ0n) is 19.8. The molecule has 0 saturated heterocycles. The molecular weight excluding hydrogens is 454 g/mol. The summed E-state index contributed by atoms with van der Waals surface area (Å²) in [5, 5.41) is 6.86. The molecule has 0 aliphatic carbocycles. The van der Waals surface area contributed by atoms with Gasteiger partial charge in [0.25, 0.3) is 11.5 Å². The van der Waals surface area contributed by atoms with Gasteiger partial charge in [-0.1, -0.05) is 30.3 Å². The number of aryl methyl sites for hydroxylation is 1. The number of hydrogen-bond acceptors (Lipinski definition) is 6. The number of fused-ring (bicyclic) bond motifs is 1. The SMILES string of the molecule is Cc1nc(NCc2ccco2)nc2c1ccc(=O)n2-c1ccc(C(=O)NCCc2ccccc2)cc1. The minimum Gasteiger partial charge on any atom is -0.467 e. The Morgan fingerprint density at radius 3 is 2.50 bits per heavy atom. The Bertz CT molecular complexity index is 1540. The fraction of sp³-hybridized carbons (Fsp3) is 0.143. The lowest BCUT2D eigenvalue weighted by molar-refractivity contribution is 0.0954. The highest BCUT2D eigenvalue weighted by Gasteiger charge is 2.13. The molecule has 0 aliphatic rings. The Hall–Kier alpha value is -4.72. The van der Waals surface area contributed by atoms with Gasteiger partial charge in [-0.2, -0.15) is 4.98 Å². The Kier molecular flexibility index (Phi) is 6.57. The van der Waals surface area contributed by atoms with Crippen LogP contribution >= 0.6 is 0 Å². The summed E-state index contributed by atoms with van der Waals surface area (Å²) >= 11 is 0. The molecule has 0 saturated carbocycles. The highest BCUT2D eigenvalue weighted by molar-refractivity contribution is 5.94. The van der Waals surface area contributed by atoms with Crippen molar-refractivity contribution >= 4 is 22.9 Å². The summed E-state index contributed by atoms with van der Waals surface area (Å²) in [4.78, 5) is 34.6. The summed E-state index contributed by atoms with van der Waals surface area (Å²) in [7, 11) is 0. The molecule has 0 radical (unpaired) electrons. The second-order valence-electron chi connectivity index (χ2n) is 8.35. The van der Waals surface area contributed by atoms with Crippen LogP contribution in [0.4, 0.5) is 5.95 Å². The van der Waals surface area contributed by atoms with Crippen LogP contribution in [0.5, 0.6) is 0 Å². The number of nitrogens with zero attached hydrogens (tertiary/aromatic N) is 3. The van der Waals surface area contributed by atoms with E-state index in [9.17, 15) is 9.59 Å². The van der Waals surface area contributed by atoms with Gasteiger partial charge >= 0.3 is 0 Å². The summed E-state index contributed by atoms with van der Waals surface area (Å²) in [5.41, 5.74) is 3.30. The highest BCUT2D eigenvalue weighted by atomic mass is 16.3. The van der Waals surface area contributed by atoms with Crippen molar-refractivity contribution in [1.82, 2.24) is 19.9 Å². The molecule has 36 heavy (non-hydrogen) atoms. The standard InChI is InChI=1S/C28H25N5O3/c1-19-24-13-14-25(34)33(26(24)32-28(31-19)30-18-23-8-5-17-36-23)22-11-9-21(10-12-22)27(35)29-16-15-20-6-3-2-4-7-20/h2-14,17H,15-16,18H2,1H3,(H,29,35)(H,30,31,32). The summed E-state index contributed by atoms with van der Waals surface area (Å²) in [5.74, 6) is 0.981. The van der Waals surface area contributed by atoms with Crippen molar-refractivity contribution in [3.8, 4) is 5.69 Å². The molecule has 3 aromatic heterocycles. The van der Waals surface area contributed by atoms with Crippen LogP contribution in [0.15, 0.2) is 94.3 Å². The van der Waals surface area contributed by atoms with Crippen molar-refractivity contribution in [2.24, 2.45) is 0 Å². The summed E-state index contributed by atoms with van der Waals surface area (Å²) < 4.78 is 6.88. The first kappa shape index (κ1) is 23.0. The van der Waals surface area contributed by atoms with E-state index in [2.05, 4.69) is 20.6 Å². The molecule has 0 bridgehead atoms. The van der Waals surface area contributed by atoms with Gasteiger partial charge in [-0.25, -0.2) is 4.98 Å². The van der Waals surface area contributed by atoms with Crippen LogP contribution in [0.2, 0.25) is 0 Å². The molecule has 5 aromatic rings. The lowest BCUT2D eigenvalue weighted by Crippen LogP contribution is -2.25. The van der Waals surface area contributed by atoms with Crippen molar-refractivity contribution < 1.29 is 9.21 Å². The number of carbonyl (C=O) groups is 1. The van der Waals surface area contributed by atoms with Gasteiger partial charge in [0.15, 0.2) is 5.65 Å². The van der Waals surface area contributed by atoms with Gasteiger partial charge in [-0.3, -0.25) is 14.2 Å². The van der Waals surface area contributed by atoms with Crippen LogP contribution in [-0.4, -0.2) is 27.0 Å². The van der Waals surface area contributed by atoms with Gasteiger partial charge in [-0.15, -0.1) is 0 Å². The fourth-order valence-electron chi connectivity index (χ4n) is 4.00. The fourth-order valence-corrected chi connectivity index (χ4v) is 4.00. The minimum atomic E-state index is -0.224. The average Bonchev–Trinajstić information content (AvgIpc) is 3.42. The molecule has 8 nitrogen and oxygen atoms in total. The third-order valence-electron chi connectivity index (χ3n) is 5.87. The van der Waals surface area contributed by atoms with Crippen LogP contribution in [-0.2, 0) is 13.0 Å². The van der Waals surface area contributed by atoms with Crippen LogP contribution in [0.3, 0.4) is 0 Å². The summed E-state index contributed by atoms with van der Waals surface area (Å²) in [6.07, 6.45) is 2.36. The number of amides is 1. The third kappa shape index (κ3) is 5.02. The number of rotatable bonds is 8. The van der Waals surface area contributed by atoms with Crippen molar-refractivity contribution in [2.75, 3.05) is 11.9 Å². The number of hydrogen-bond donors (Lipinski definition) is 2. The van der Waals surface area contributed by atoms with Crippen LogP contribution < -0.4 is 16.2 Å². The molecule has 2 N–H and O–H groups in total. The second-order valence-corrected chi connectivity index (χ2v) is 8.35. The van der Waals surface area contributed by atoms with Crippen molar-refractivity contribution in [3.63, 3.8) is 0 Å². The quantitative estimate of drug-likeness (QED) is 0.345. The number of anilines is 1. The smallest absolute Gasteiger partial charge is 0.256 e. The molecule has 0 aliphatic heterocycles. The van der Waals surface area contributed by atoms with Crippen LogP contribution in [0.1, 0.15) is 27.4 Å². The molecule has 0 fully saturated rings. The molecule has 180 valence electrons. The van der Waals surface area contributed by atoms with E-state index in [0.717, 1.165) is 23.3 Å². The normalized spacial score (nSPS) is 10.9. The van der Waals surface area contributed by atoms with Gasteiger partial charge < -0.3 is 15.1 Å². The number of pyridine rings is 1. The number of carbonyl (C=O) groups excluding carboxylic acids is 1. The number of benzene rings is 2. The average molecular weight is 480 g/mol. The zero-order valence-corrected chi connectivity index (χ0v) is 19.8. The molecular formula is C28H25N5O3. The molecule has 2 aromatic carbocycles. The Balaban J connectivity index is 1.37. The van der Waals surface area contributed by atoms with Gasteiger partial charge in [0.2, 0.25) is 5.95 Å². The van der Waals surface area contributed by atoms with Gasteiger partial charge in [-0.05, 0) is 61.4 Å². The number of nitrogens with one attached hydrogen (secondary N) is 2.